The molecule has 3 aromatic rings. The third kappa shape index (κ3) is 2.44. The lowest BCUT2D eigenvalue weighted by molar-refractivity contribution is 0.232. The predicted molar refractivity (Wildman–Crippen MR) is 147 cm³/mol. The van der Waals surface area contributed by atoms with Crippen molar-refractivity contribution in [3.05, 3.63) is 107 Å². The van der Waals surface area contributed by atoms with Crippen molar-refractivity contribution >= 4 is 0 Å². The van der Waals surface area contributed by atoms with Crippen LogP contribution < -0.4 is 0 Å². The Morgan fingerprint density at radius 2 is 0.684 bits per heavy atom. The standard InChI is InChI=1S/C34H34N4/c1-3-9-23(10-4-1)31-21-33(37-35-31,29-15-7-13-27(29)31)25-17-19-26(20-18-25)34-22-32(36-38-34,24-11-5-2-6-12-24)28-14-8-16-30(28)34/h1-6,9-12,17-20,27-30H,7-8,13-16,21-22H2. The second kappa shape index (κ2) is 7.28. The van der Waals surface area contributed by atoms with E-state index in [-0.39, 0.29) is 22.2 Å². The van der Waals surface area contributed by atoms with Crippen LogP contribution >= 0.6 is 0 Å². The largest absolute Gasteiger partial charge is 0.181 e. The van der Waals surface area contributed by atoms with Crippen LogP contribution in [0, 0.1) is 23.7 Å². The molecular weight excluding hydrogens is 464 g/mol. The Morgan fingerprint density at radius 1 is 0.395 bits per heavy atom. The topological polar surface area (TPSA) is 49.4 Å². The number of hydrogen-bond acceptors (Lipinski definition) is 4. The van der Waals surface area contributed by atoms with Crippen LogP contribution in [-0.2, 0) is 22.2 Å². The summed E-state index contributed by atoms with van der Waals surface area (Å²) >= 11 is 0. The number of nitrogens with zero attached hydrogens (tertiary/aromatic N) is 4. The Kier molecular flexibility index (Phi) is 4.17. The quantitative estimate of drug-likeness (QED) is 0.347. The molecule has 8 unspecified atom stereocenters. The minimum atomic E-state index is -0.177. The second-order valence-electron chi connectivity index (χ2n) is 13.0. The summed E-state index contributed by atoms with van der Waals surface area (Å²) in [4.78, 5) is 0. The van der Waals surface area contributed by atoms with Crippen molar-refractivity contribution in [3.63, 3.8) is 0 Å². The van der Waals surface area contributed by atoms with Crippen molar-refractivity contribution in [2.45, 2.75) is 73.5 Å². The first-order chi connectivity index (χ1) is 18.7. The lowest BCUT2D eigenvalue weighted by atomic mass is 9.76. The number of benzene rings is 3. The first-order valence-electron chi connectivity index (χ1n) is 14.8. The summed E-state index contributed by atoms with van der Waals surface area (Å²) in [5.74, 6) is 2.38. The minimum Gasteiger partial charge on any atom is -0.181 e. The Labute approximate surface area is 224 Å². The average molecular weight is 499 g/mol. The highest BCUT2D eigenvalue weighted by molar-refractivity contribution is 5.44. The van der Waals surface area contributed by atoms with Gasteiger partial charge in [-0.25, -0.2) is 0 Å². The molecule has 2 heterocycles. The molecular formula is C34H34N4. The lowest BCUT2D eigenvalue weighted by Crippen LogP contribution is -2.32. The van der Waals surface area contributed by atoms with Gasteiger partial charge in [-0.1, -0.05) is 97.8 Å². The van der Waals surface area contributed by atoms with Crippen molar-refractivity contribution < 1.29 is 0 Å². The molecule has 4 aliphatic carbocycles. The third-order valence-electron chi connectivity index (χ3n) is 11.8. The smallest absolute Gasteiger partial charge is 0.112 e. The van der Waals surface area contributed by atoms with E-state index in [1.807, 2.05) is 0 Å². The summed E-state index contributed by atoms with van der Waals surface area (Å²) in [7, 11) is 0. The Morgan fingerprint density at radius 3 is 1.00 bits per heavy atom. The van der Waals surface area contributed by atoms with Gasteiger partial charge in [0, 0.05) is 12.8 Å². The van der Waals surface area contributed by atoms with Gasteiger partial charge in [-0.3, -0.25) is 0 Å². The van der Waals surface area contributed by atoms with Crippen LogP contribution in [-0.4, -0.2) is 0 Å². The number of rotatable bonds is 4. The molecule has 0 saturated heterocycles. The molecule has 4 fully saturated rings. The van der Waals surface area contributed by atoms with Crippen LogP contribution in [0.4, 0.5) is 0 Å². The molecule has 9 rings (SSSR count). The molecule has 4 nitrogen and oxygen atoms in total. The van der Waals surface area contributed by atoms with Crippen LogP contribution in [0.3, 0.4) is 0 Å². The fraction of sp³-hybridized carbons (Fsp3) is 0.471. The molecule has 3 aromatic carbocycles. The highest BCUT2D eigenvalue weighted by Gasteiger charge is 2.69. The highest BCUT2D eigenvalue weighted by Crippen LogP contribution is 2.71. The van der Waals surface area contributed by atoms with Crippen molar-refractivity contribution in [1.82, 2.24) is 0 Å². The van der Waals surface area contributed by atoms with E-state index < -0.39 is 0 Å². The van der Waals surface area contributed by atoms with E-state index in [1.165, 1.54) is 60.8 Å². The Hall–Kier alpha value is -3.14. The van der Waals surface area contributed by atoms with Gasteiger partial charge in [0.2, 0.25) is 0 Å². The van der Waals surface area contributed by atoms with Gasteiger partial charge in [-0.05, 0) is 71.6 Å². The number of azo groups is 2. The summed E-state index contributed by atoms with van der Waals surface area (Å²) in [5.41, 5.74) is 4.80. The summed E-state index contributed by atoms with van der Waals surface area (Å²) in [6, 6.07) is 31.6. The van der Waals surface area contributed by atoms with E-state index in [0.717, 1.165) is 12.8 Å². The molecule has 38 heavy (non-hydrogen) atoms. The summed E-state index contributed by atoms with van der Waals surface area (Å²) in [6.07, 6.45) is 9.70. The molecule has 6 aliphatic rings. The molecule has 0 spiro atoms. The zero-order valence-electron chi connectivity index (χ0n) is 21.8. The summed E-state index contributed by atoms with van der Waals surface area (Å²) in [5, 5.41) is 20.5. The molecule has 8 atom stereocenters. The highest BCUT2D eigenvalue weighted by atomic mass is 15.3. The first kappa shape index (κ1) is 21.8. The summed E-state index contributed by atoms with van der Waals surface area (Å²) < 4.78 is 0. The van der Waals surface area contributed by atoms with Crippen molar-refractivity contribution in [1.29, 1.82) is 0 Å². The van der Waals surface area contributed by atoms with E-state index in [0.29, 0.717) is 23.7 Å². The molecule has 0 radical (unpaired) electrons. The molecule has 190 valence electrons. The lowest BCUT2D eigenvalue weighted by Gasteiger charge is -2.34. The number of fused-ring (bicyclic) bond motifs is 10. The van der Waals surface area contributed by atoms with Gasteiger partial charge in [0.25, 0.3) is 0 Å². The van der Waals surface area contributed by atoms with E-state index in [4.69, 9.17) is 20.5 Å². The SMILES string of the molecule is c1ccc(C23CC(c4ccc(C56CC(c7ccccc7)(N=N5)C5CCCC56)cc4)(N=N2)C2CCCC23)cc1. The molecule has 0 aromatic heterocycles. The van der Waals surface area contributed by atoms with Crippen LogP contribution in [0.25, 0.3) is 0 Å². The molecule has 4 bridgehead atoms. The summed E-state index contributed by atoms with van der Waals surface area (Å²) in [6.45, 7) is 0. The van der Waals surface area contributed by atoms with Crippen LogP contribution in [0.5, 0.6) is 0 Å². The molecule has 4 heteroatoms. The van der Waals surface area contributed by atoms with E-state index in [1.54, 1.807) is 0 Å². The van der Waals surface area contributed by atoms with Gasteiger partial charge in [0.1, 0.15) is 22.2 Å². The van der Waals surface area contributed by atoms with Crippen molar-refractivity contribution in [2.75, 3.05) is 0 Å². The Bertz CT molecular complexity index is 1350. The van der Waals surface area contributed by atoms with E-state index in [2.05, 4.69) is 84.9 Å². The molecule has 0 N–H and O–H groups in total. The van der Waals surface area contributed by atoms with Gasteiger partial charge in [-0.15, -0.1) is 0 Å². The zero-order chi connectivity index (χ0) is 25.0. The average Bonchev–Trinajstić information content (AvgIpc) is 3.82. The fourth-order valence-corrected chi connectivity index (χ4v) is 10.3. The van der Waals surface area contributed by atoms with Crippen molar-refractivity contribution in [3.8, 4) is 0 Å². The third-order valence-corrected chi connectivity index (χ3v) is 11.8. The molecule has 2 aliphatic heterocycles. The maximum Gasteiger partial charge on any atom is 0.112 e. The predicted octanol–water partition coefficient (Wildman–Crippen LogP) is 8.44. The number of hydrogen-bond donors (Lipinski definition) is 0. The first-order valence-corrected chi connectivity index (χ1v) is 14.8. The fourth-order valence-electron chi connectivity index (χ4n) is 10.3. The second-order valence-corrected chi connectivity index (χ2v) is 13.0. The Balaban J connectivity index is 1.10. The van der Waals surface area contributed by atoms with Gasteiger partial charge < -0.3 is 0 Å². The molecule has 4 saturated carbocycles. The minimum absolute atomic E-state index is 0.142. The maximum absolute atomic E-state index is 5.16. The van der Waals surface area contributed by atoms with Gasteiger partial charge in [0.15, 0.2) is 0 Å². The van der Waals surface area contributed by atoms with Crippen LogP contribution in [0.2, 0.25) is 0 Å². The normalized spacial score (nSPS) is 43.2. The van der Waals surface area contributed by atoms with Crippen LogP contribution in [0.1, 0.15) is 73.6 Å². The zero-order valence-corrected chi connectivity index (χ0v) is 21.8. The van der Waals surface area contributed by atoms with E-state index in [9.17, 15) is 0 Å². The monoisotopic (exact) mass is 498 g/mol. The van der Waals surface area contributed by atoms with Crippen LogP contribution in [0.15, 0.2) is 105 Å². The maximum atomic E-state index is 5.16. The van der Waals surface area contributed by atoms with E-state index >= 15 is 0 Å². The van der Waals surface area contributed by atoms with Gasteiger partial charge >= 0.3 is 0 Å². The van der Waals surface area contributed by atoms with Crippen molar-refractivity contribution in [2.24, 2.45) is 44.1 Å². The van der Waals surface area contributed by atoms with Gasteiger partial charge in [-0.2, -0.15) is 20.5 Å². The molecule has 0 amide bonds. The van der Waals surface area contributed by atoms with Gasteiger partial charge in [0.05, 0.1) is 0 Å².